The van der Waals surface area contributed by atoms with Crippen molar-refractivity contribution >= 4 is 11.2 Å². The van der Waals surface area contributed by atoms with Crippen molar-refractivity contribution in [3.63, 3.8) is 0 Å². The largest absolute Gasteiger partial charge is 0.480 e. The van der Waals surface area contributed by atoms with E-state index in [2.05, 4.69) is 15.0 Å². The molecule has 1 aromatic carbocycles. The van der Waals surface area contributed by atoms with Gasteiger partial charge in [0.15, 0.2) is 5.65 Å². The van der Waals surface area contributed by atoms with Crippen LogP contribution in [-0.4, -0.2) is 44.8 Å². The summed E-state index contributed by atoms with van der Waals surface area (Å²) >= 11 is 0. The molecule has 3 aliphatic carbocycles. The number of aromatic nitrogens is 5. The fourth-order valence-corrected chi connectivity index (χ4v) is 6.78. The molecule has 2 bridgehead atoms. The van der Waals surface area contributed by atoms with Gasteiger partial charge in [-0.25, -0.2) is 24.9 Å². The maximum atomic E-state index is 13.7. The van der Waals surface area contributed by atoms with Gasteiger partial charge >= 0.3 is 6.18 Å². The summed E-state index contributed by atoms with van der Waals surface area (Å²) in [7, 11) is 1.50. The van der Waals surface area contributed by atoms with Gasteiger partial charge in [0, 0.05) is 30.2 Å². The highest BCUT2D eigenvalue weighted by Crippen LogP contribution is 2.78. The molecular formula is C31H30F3N5O3. The topological polar surface area (TPSA) is 92.1 Å². The van der Waals surface area contributed by atoms with E-state index >= 15 is 0 Å². The molecule has 3 aromatic heterocycles. The van der Waals surface area contributed by atoms with Gasteiger partial charge in [0.1, 0.15) is 23.6 Å². The van der Waals surface area contributed by atoms with Gasteiger partial charge in [-0.3, -0.25) is 0 Å². The molecule has 3 saturated carbocycles. The maximum absolute atomic E-state index is 13.7. The molecule has 8 nitrogen and oxygen atoms in total. The zero-order valence-electron chi connectivity index (χ0n) is 23.3. The van der Waals surface area contributed by atoms with Gasteiger partial charge in [0.25, 0.3) is 0 Å². The molecular weight excluding hydrogens is 547 g/mol. The van der Waals surface area contributed by atoms with Crippen molar-refractivity contribution < 1.29 is 27.4 Å². The first kappa shape index (κ1) is 27.0. The number of hydrogen-bond donors (Lipinski definition) is 0. The lowest BCUT2D eigenvalue weighted by Crippen LogP contribution is -2.70. The lowest BCUT2D eigenvalue weighted by atomic mass is 9.34. The average molecular weight is 578 g/mol. The number of hydrogen-bond acceptors (Lipinski definition) is 8. The number of ether oxygens (including phenoxy) is 3. The smallest absolute Gasteiger partial charge is 0.394 e. The van der Waals surface area contributed by atoms with Crippen molar-refractivity contribution in [2.75, 3.05) is 13.7 Å². The highest BCUT2D eigenvalue weighted by Gasteiger charge is 2.79. The van der Waals surface area contributed by atoms with E-state index in [0.717, 1.165) is 11.1 Å². The van der Waals surface area contributed by atoms with Crippen molar-refractivity contribution in [1.82, 2.24) is 24.9 Å². The van der Waals surface area contributed by atoms with Crippen molar-refractivity contribution in [1.29, 1.82) is 0 Å². The molecule has 218 valence electrons. The Morgan fingerprint density at radius 2 is 1.79 bits per heavy atom. The number of nitrogens with zero attached hydrogens (tertiary/aromatic N) is 5. The second-order valence-electron chi connectivity index (χ2n) is 11.8. The fraction of sp³-hybridized carbons (Fsp3) is 0.452. The van der Waals surface area contributed by atoms with Crippen LogP contribution in [0.2, 0.25) is 0 Å². The van der Waals surface area contributed by atoms with Crippen LogP contribution in [0.5, 0.6) is 11.8 Å². The number of fused-ring (bicyclic) bond motifs is 1. The van der Waals surface area contributed by atoms with Gasteiger partial charge in [0.2, 0.25) is 11.8 Å². The predicted octanol–water partition coefficient (Wildman–Crippen LogP) is 6.33. The van der Waals surface area contributed by atoms with Crippen molar-refractivity contribution in [2.45, 2.75) is 69.2 Å². The number of methoxy groups -OCH3 is 1. The van der Waals surface area contributed by atoms with Gasteiger partial charge in [-0.05, 0) is 56.2 Å². The van der Waals surface area contributed by atoms with Crippen molar-refractivity contribution in [3.8, 4) is 11.8 Å². The molecule has 4 heterocycles. The van der Waals surface area contributed by atoms with Gasteiger partial charge < -0.3 is 14.2 Å². The van der Waals surface area contributed by atoms with E-state index in [1.54, 1.807) is 13.1 Å². The Morgan fingerprint density at radius 3 is 2.48 bits per heavy atom. The normalized spacial score (nSPS) is 26.8. The molecule has 0 N–H and O–H groups in total. The van der Waals surface area contributed by atoms with Crippen LogP contribution in [0, 0.1) is 12.3 Å². The third-order valence-corrected chi connectivity index (χ3v) is 9.02. The number of halogens is 3. The molecule has 8 rings (SSSR count). The molecule has 4 aromatic rings. The van der Waals surface area contributed by atoms with Crippen LogP contribution in [0.4, 0.5) is 13.2 Å². The molecule has 11 heteroatoms. The molecule has 0 amide bonds. The van der Waals surface area contributed by atoms with E-state index in [4.69, 9.17) is 24.2 Å². The third kappa shape index (κ3) is 4.45. The zero-order valence-corrected chi connectivity index (χ0v) is 23.3. The van der Waals surface area contributed by atoms with Crippen LogP contribution in [0.25, 0.3) is 11.2 Å². The summed E-state index contributed by atoms with van der Waals surface area (Å²) in [5.41, 5.74) is 1.64. The van der Waals surface area contributed by atoms with Crippen molar-refractivity contribution in [2.24, 2.45) is 5.41 Å². The lowest BCUT2D eigenvalue weighted by Gasteiger charge is -2.70. The Kier molecular flexibility index (Phi) is 6.34. The summed E-state index contributed by atoms with van der Waals surface area (Å²) in [5, 5.41) is 0. The van der Waals surface area contributed by atoms with Crippen molar-refractivity contribution in [3.05, 3.63) is 77.0 Å². The first-order valence-corrected chi connectivity index (χ1v) is 14.1. The Balaban J connectivity index is 1.14. The van der Waals surface area contributed by atoms with Crippen LogP contribution < -0.4 is 9.47 Å². The average Bonchev–Trinajstić information content (AvgIpc) is 2.94. The Bertz CT molecular complexity index is 1610. The standard InChI is InChI=1S/C31H30F3N5O3/c1-18-28(40-2)37-24-25(29-15-30(16-29,17-29)31(32,33)34)38-26(39-27(24)36-18)20-10-11-41-22(12-20)21-8-9-23(35-13-21)42-14-19-6-4-3-5-7-19/h3-9,13,20,22H,10-12,14-17H2,1-2H3/t20-,22+,29?,30?/m0/s1. The number of aryl methyl sites for hydroxylation is 1. The first-order valence-electron chi connectivity index (χ1n) is 14.1. The second kappa shape index (κ2) is 9.86. The monoisotopic (exact) mass is 577 g/mol. The highest BCUT2D eigenvalue weighted by molar-refractivity contribution is 5.76. The van der Waals surface area contributed by atoms with E-state index in [0.29, 0.717) is 66.2 Å². The number of alkyl halides is 3. The molecule has 4 aliphatic rings. The highest BCUT2D eigenvalue weighted by atomic mass is 19.4. The summed E-state index contributed by atoms with van der Waals surface area (Å²) in [6.45, 7) is 2.70. The Morgan fingerprint density at radius 1 is 1.00 bits per heavy atom. The molecule has 0 unspecified atom stereocenters. The van der Waals surface area contributed by atoms with E-state index in [1.807, 2.05) is 42.5 Å². The number of benzene rings is 1. The molecule has 1 aliphatic heterocycles. The summed E-state index contributed by atoms with van der Waals surface area (Å²) in [5.74, 6) is 1.37. The van der Waals surface area contributed by atoms with Crippen LogP contribution in [0.3, 0.4) is 0 Å². The maximum Gasteiger partial charge on any atom is 0.394 e. The van der Waals surface area contributed by atoms with Crippen LogP contribution in [0.15, 0.2) is 48.7 Å². The summed E-state index contributed by atoms with van der Waals surface area (Å²) < 4.78 is 58.4. The fourth-order valence-electron chi connectivity index (χ4n) is 6.78. The Labute approximate surface area is 240 Å². The molecule has 4 fully saturated rings. The molecule has 2 atom stereocenters. The number of pyridine rings is 1. The van der Waals surface area contributed by atoms with Gasteiger partial charge in [-0.1, -0.05) is 30.3 Å². The molecule has 42 heavy (non-hydrogen) atoms. The third-order valence-electron chi connectivity index (χ3n) is 9.02. The summed E-state index contributed by atoms with van der Waals surface area (Å²) in [6, 6.07) is 13.7. The number of rotatable bonds is 7. The minimum absolute atomic E-state index is 0.0215. The Hall–Kier alpha value is -3.86. The van der Waals surface area contributed by atoms with Crippen LogP contribution >= 0.6 is 0 Å². The van der Waals surface area contributed by atoms with Crippen LogP contribution in [0.1, 0.15) is 72.5 Å². The zero-order chi connectivity index (χ0) is 29.1. The van der Waals surface area contributed by atoms with E-state index < -0.39 is 17.0 Å². The van der Waals surface area contributed by atoms with Gasteiger partial charge in [0.05, 0.1) is 24.3 Å². The SMILES string of the molecule is COc1nc2c(C34CC(C(F)(F)F)(C3)C4)nc([C@H]3CCO[C@@H](c4ccc(OCc5ccccc5)nc4)C3)nc2nc1C. The van der Waals surface area contributed by atoms with Gasteiger partial charge in [-0.2, -0.15) is 13.2 Å². The van der Waals surface area contributed by atoms with Crippen LogP contribution in [-0.2, 0) is 16.8 Å². The van der Waals surface area contributed by atoms with E-state index in [-0.39, 0.29) is 31.3 Å². The minimum Gasteiger partial charge on any atom is -0.480 e. The summed E-state index contributed by atoms with van der Waals surface area (Å²) in [4.78, 5) is 23.4. The quantitative estimate of drug-likeness (QED) is 0.252. The molecule has 0 spiro atoms. The summed E-state index contributed by atoms with van der Waals surface area (Å²) in [6.07, 6.45) is -1.32. The van der Waals surface area contributed by atoms with E-state index in [9.17, 15) is 13.2 Å². The molecule has 1 saturated heterocycles. The van der Waals surface area contributed by atoms with Gasteiger partial charge in [-0.15, -0.1) is 0 Å². The lowest BCUT2D eigenvalue weighted by molar-refractivity contribution is -0.337. The first-order chi connectivity index (χ1) is 20.2. The second-order valence-corrected chi connectivity index (χ2v) is 11.8. The predicted molar refractivity (Wildman–Crippen MR) is 146 cm³/mol. The molecule has 0 radical (unpaired) electrons. The van der Waals surface area contributed by atoms with E-state index in [1.165, 1.54) is 7.11 Å². The minimum atomic E-state index is -4.22.